The highest BCUT2D eigenvalue weighted by molar-refractivity contribution is 7.93. The van der Waals surface area contributed by atoms with Gasteiger partial charge in [-0.3, -0.25) is 20.2 Å². The lowest BCUT2D eigenvalue weighted by Crippen LogP contribution is -2.30. The van der Waals surface area contributed by atoms with E-state index in [1.165, 1.54) is 35.2 Å². The highest BCUT2D eigenvalue weighted by atomic mass is 32.2. The van der Waals surface area contributed by atoms with E-state index >= 15 is 0 Å². The lowest BCUT2D eigenvalue weighted by Gasteiger charge is -2.16. The summed E-state index contributed by atoms with van der Waals surface area (Å²) in [6.45, 7) is 0. The number of benzene rings is 1. The van der Waals surface area contributed by atoms with E-state index in [2.05, 4.69) is 4.72 Å². The molecule has 11 heteroatoms. The number of sulfonamides is 1. The molecule has 2 rings (SSSR count). The predicted molar refractivity (Wildman–Crippen MR) is 79.1 cm³/mol. The molecule has 0 fully saturated rings. The van der Waals surface area contributed by atoms with Crippen molar-refractivity contribution in [3.05, 3.63) is 67.7 Å². The Morgan fingerprint density at radius 1 is 1.13 bits per heavy atom. The Hall–Kier alpha value is -3.08. The van der Waals surface area contributed by atoms with Crippen molar-refractivity contribution < 1.29 is 22.8 Å². The number of nitro benzene ring substituents is 2. The number of rotatable bonds is 5. The first-order chi connectivity index (χ1) is 10.7. The molecule has 0 saturated heterocycles. The number of nitrogens with zero attached hydrogens (tertiary/aromatic N) is 4. The van der Waals surface area contributed by atoms with Crippen molar-refractivity contribution in [2.75, 3.05) is 6.26 Å². The minimum atomic E-state index is -3.63. The van der Waals surface area contributed by atoms with Gasteiger partial charge in [-0.15, -0.1) is 0 Å². The quantitative estimate of drug-likeness (QED) is 0.462. The van der Waals surface area contributed by atoms with Gasteiger partial charge in [0.15, 0.2) is 12.4 Å². The maximum Gasteiger partial charge on any atom is 0.347 e. The van der Waals surface area contributed by atoms with Crippen LogP contribution < -0.4 is 4.57 Å². The third-order valence-electron chi connectivity index (χ3n) is 2.70. The molecule has 0 N–H and O–H groups in total. The Labute approximate surface area is 130 Å². The van der Waals surface area contributed by atoms with Gasteiger partial charge < -0.3 is 4.72 Å². The third-order valence-corrected chi connectivity index (χ3v) is 3.24. The van der Waals surface area contributed by atoms with Crippen LogP contribution in [0.4, 0.5) is 17.1 Å². The molecule has 0 amide bonds. The summed E-state index contributed by atoms with van der Waals surface area (Å²) >= 11 is 0. The Morgan fingerprint density at radius 3 is 2.39 bits per heavy atom. The molecule has 1 heterocycles. The van der Waals surface area contributed by atoms with Crippen LogP contribution >= 0.6 is 0 Å². The lowest BCUT2D eigenvalue weighted by molar-refractivity contribution is -0.600. The van der Waals surface area contributed by atoms with Crippen LogP contribution in [0.5, 0.6) is 0 Å². The van der Waals surface area contributed by atoms with Crippen LogP contribution in [0.25, 0.3) is 10.4 Å². The molecular weight excluding hydrogens is 328 g/mol. The van der Waals surface area contributed by atoms with E-state index in [1.807, 2.05) is 0 Å². The van der Waals surface area contributed by atoms with E-state index in [9.17, 15) is 28.6 Å². The van der Waals surface area contributed by atoms with Crippen molar-refractivity contribution in [1.29, 1.82) is 0 Å². The summed E-state index contributed by atoms with van der Waals surface area (Å²) in [6.07, 6.45) is 3.63. The van der Waals surface area contributed by atoms with Gasteiger partial charge in [-0.2, -0.15) is 4.57 Å². The van der Waals surface area contributed by atoms with Gasteiger partial charge in [-0.05, 0) is 0 Å². The average molecular weight is 338 g/mol. The lowest BCUT2D eigenvalue weighted by atomic mass is 10.2. The molecule has 0 radical (unpaired) electrons. The fraction of sp³-hybridized carbons (Fsp3) is 0.0833. The number of non-ortho nitro benzene ring substituents is 1. The second kappa shape index (κ2) is 5.96. The summed E-state index contributed by atoms with van der Waals surface area (Å²) < 4.78 is 27.1. The van der Waals surface area contributed by atoms with Crippen molar-refractivity contribution in [3.63, 3.8) is 0 Å². The zero-order chi connectivity index (χ0) is 17.2. The number of hydrogen-bond donors (Lipinski definition) is 0. The first-order valence-electron chi connectivity index (χ1n) is 6.05. The van der Waals surface area contributed by atoms with Gasteiger partial charge in [0.1, 0.15) is 6.07 Å². The molecule has 10 nitrogen and oxygen atoms in total. The van der Waals surface area contributed by atoms with Crippen molar-refractivity contribution in [1.82, 2.24) is 0 Å². The molecule has 0 aliphatic carbocycles. The van der Waals surface area contributed by atoms with E-state index < -0.39 is 31.2 Å². The van der Waals surface area contributed by atoms with Crippen LogP contribution in [0.2, 0.25) is 0 Å². The molecule has 1 aromatic carbocycles. The van der Waals surface area contributed by atoms with Gasteiger partial charge in [0, 0.05) is 24.5 Å². The van der Waals surface area contributed by atoms with Gasteiger partial charge in [0.2, 0.25) is 0 Å². The monoisotopic (exact) mass is 338 g/mol. The second-order valence-electron chi connectivity index (χ2n) is 4.48. The molecule has 2 aromatic rings. The Morgan fingerprint density at radius 2 is 1.83 bits per heavy atom. The molecule has 23 heavy (non-hydrogen) atoms. The minimum absolute atomic E-state index is 0.0474. The number of pyridine rings is 1. The molecule has 0 spiro atoms. The number of hydrogen-bond acceptors (Lipinski definition) is 6. The molecule has 1 aromatic heterocycles. The molecule has 0 saturated carbocycles. The van der Waals surface area contributed by atoms with Gasteiger partial charge >= 0.3 is 5.69 Å². The Balaban J connectivity index is 2.56. The fourth-order valence-corrected chi connectivity index (χ4v) is 2.34. The highest BCUT2D eigenvalue weighted by Crippen LogP contribution is 2.26. The van der Waals surface area contributed by atoms with Crippen LogP contribution in [-0.2, 0) is 10.0 Å². The summed E-state index contributed by atoms with van der Waals surface area (Å²) in [4.78, 5) is 20.4. The van der Waals surface area contributed by atoms with Crippen molar-refractivity contribution >= 4 is 27.1 Å². The van der Waals surface area contributed by atoms with Crippen molar-refractivity contribution in [2.24, 2.45) is 0 Å². The summed E-state index contributed by atoms with van der Waals surface area (Å²) in [5.41, 5.74) is -0.785. The van der Waals surface area contributed by atoms with Crippen LogP contribution in [0, 0.1) is 20.2 Å². The molecular formula is C12H10N4O6S. The summed E-state index contributed by atoms with van der Waals surface area (Å²) in [6, 6.07) is 6.03. The molecule has 120 valence electrons. The van der Waals surface area contributed by atoms with E-state index in [0.717, 1.165) is 18.4 Å². The summed E-state index contributed by atoms with van der Waals surface area (Å²) in [7, 11) is -3.63. The van der Waals surface area contributed by atoms with Crippen molar-refractivity contribution in [2.45, 2.75) is 0 Å². The van der Waals surface area contributed by atoms with Crippen LogP contribution in [-0.4, -0.2) is 24.5 Å². The Bertz CT molecular complexity index is 896. The summed E-state index contributed by atoms with van der Waals surface area (Å²) in [5.74, 6) is 0. The first kappa shape index (κ1) is 16.3. The SMILES string of the molecule is CS(=O)(=O)[N-]c1ccc[n+](-c2ccc([N+](=O)[O-])cc2[N+](=O)[O-])c1. The Kier molecular flexibility index (Phi) is 4.22. The largest absolute Gasteiger partial charge is 0.572 e. The summed E-state index contributed by atoms with van der Waals surface area (Å²) in [5, 5.41) is 21.9. The predicted octanol–water partition coefficient (Wildman–Crippen LogP) is 1.74. The number of nitro groups is 2. The standard InChI is InChI=1S/C12H10N4O6S/c1-23(21,22)13-9-3-2-6-14(8-9)11-5-4-10(15(17)18)7-12(11)16(19)20/h2-8H,1H3. The van der Waals surface area contributed by atoms with E-state index in [-0.39, 0.29) is 11.4 Å². The van der Waals surface area contributed by atoms with E-state index in [4.69, 9.17) is 0 Å². The van der Waals surface area contributed by atoms with Crippen molar-refractivity contribution in [3.8, 4) is 5.69 Å². The molecule has 0 unspecified atom stereocenters. The second-order valence-corrected chi connectivity index (χ2v) is 6.13. The van der Waals surface area contributed by atoms with Crippen LogP contribution in [0.15, 0.2) is 42.7 Å². The molecule has 0 bridgehead atoms. The average Bonchev–Trinajstić information content (AvgIpc) is 2.45. The van der Waals surface area contributed by atoms with Crippen LogP contribution in [0.1, 0.15) is 0 Å². The first-order valence-corrected chi connectivity index (χ1v) is 7.90. The maximum atomic E-state index is 11.2. The van der Waals surface area contributed by atoms with Gasteiger partial charge in [0.05, 0.1) is 19.9 Å². The van der Waals surface area contributed by atoms with Gasteiger partial charge in [-0.25, -0.2) is 8.42 Å². The van der Waals surface area contributed by atoms with E-state index in [1.54, 1.807) is 0 Å². The highest BCUT2D eigenvalue weighted by Gasteiger charge is 2.25. The van der Waals surface area contributed by atoms with Gasteiger partial charge in [-0.1, -0.05) is 11.8 Å². The van der Waals surface area contributed by atoms with Crippen LogP contribution in [0.3, 0.4) is 0 Å². The molecule has 0 atom stereocenters. The van der Waals surface area contributed by atoms with Gasteiger partial charge in [0.25, 0.3) is 11.4 Å². The zero-order valence-corrected chi connectivity index (χ0v) is 12.5. The maximum absolute atomic E-state index is 11.2. The fourth-order valence-electron chi connectivity index (χ4n) is 1.85. The number of aromatic nitrogens is 1. The normalized spacial score (nSPS) is 11.0. The smallest absolute Gasteiger partial charge is 0.347 e. The zero-order valence-electron chi connectivity index (χ0n) is 11.7. The minimum Gasteiger partial charge on any atom is -0.572 e. The molecule has 0 aliphatic heterocycles. The molecule has 0 aliphatic rings. The topological polar surface area (TPSA) is 138 Å². The van der Waals surface area contributed by atoms with E-state index in [0.29, 0.717) is 0 Å². The third kappa shape index (κ3) is 3.97.